The number of halogens is 1. The first kappa shape index (κ1) is 19.8. The van der Waals surface area contributed by atoms with Gasteiger partial charge in [-0.05, 0) is 57.8 Å². The van der Waals surface area contributed by atoms with E-state index in [-0.39, 0.29) is 6.61 Å². The molecule has 0 saturated carbocycles. The third-order valence-corrected chi connectivity index (χ3v) is 4.23. The summed E-state index contributed by atoms with van der Waals surface area (Å²) >= 11 is 3.51. The number of esters is 1. The van der Waals surface area contributed by atoms with Crippen LogP contribution < -0.4 is 9.47 Å². The van der Waals surface area contributed by atoms with Crippen LogP contribution in [0.3, 0.4) is 0 Å². The molecule has 0 fully saturated rings. The van der Waals surface area contributed by atoms with Gasteiger partial charge in [0.05, 0.1) is 11.6 Å². The normalized spacial score (nSPS) is 10.6. The van der Waals surface area contributed by atoms with Crippen LogP contribution in [0.2, 0.25) is 0 Å². The third kappa shape index (κ3) is 5.49. The van der Waals surface area contributed by atoms with Crippen molar-refractivity contribution in [3.63, 3.8) is 0 Å². The Kier molecular flexibility index (Phi) is 7.48. The van der Waals surface area contributed by atoms with Gasteiger partial charge in [0.15, 0.2) is 11.5 Å². The van der Waals surface area contributed by atoms with Gasteiger partial charge in [0.1, 0.15) is 13.2 Å². The summed E-state index contributed by atoms with van der Waals surface area (Å²) in [6, 6.07) is 11.7. The zero-order chi connectivity index (χ0) is 18.9. The van der Waals surface area contributed by atoms with Gasteiger partial charge in [0.25, 0.3) is 0 Å². The number of rotatable bonds is 8. The van der Waals surface area contributed by atoms with Crippen LogP contribution in [0.25, 0.3) is 6.08 Å². The Morgan fingerprint density at radius 2 is 2.04 bits per heavy atom. The molecule has 2 rings (SSSR count). The molecule has 0 atom stereocenters. The maximum atomic E-state index is 11.5. The summed E-state index contributed by atoms with van der Waals surface area (Å²) in [4.78, 5) is 11.5. The maximum absolute atomic E-state index is 11.5. The van der Waals surface area contributed by atoms with E-state index in [2.05, 4.69) is 22.5 Å². The second-order valence-corrected chi connectivity index (χ2v) is 6.36. The lowest BCUT2D eigenvalue weighted by Crippen LogP contribution is -2.01. The summed E-state index contributed by atoms with van der Waals surface area (Å²) in [5.41, 5.74) is 3.06. The van der Waals surface area contributed by atoms with E-state index < -0.39 is 5.97 Å². The van der Waals surface area contributed by atoms with Gasteiger partial charge in [0, 0.05) is 6.08 Å². The van der Waals surface area contributed by atoms with Gasteiger partial charge in [0.2, 0.25) is 0 Å². The molecule has 2 aromatic rings. The lowest BCUT2D eigenvalue weighted by atomic mass is 10.1. The number of carbonyl (C=O) groups is 1. The predicted octanol–water partition coefficient (Wildman–Crippen LogP) is 5.09. The van der Waals surface area contributed by atoms with Gasteiger partial charge in [-0.15, -0.1) is 0 Å². The van der Waals surface area contributed by atoms with E-state index in [1.54, 1.807) is 19.3 Å². The van der Waals surface area contributed by atoms with Crippen molar-refractivity contribution in [1.29, 1.82) is 0 Å². The molecular formula is C21H21BrO4. The van der Waals surface area contributed by atoms with E-state index in [9.17, 15) is 4.79 Å². The molecule has 0 unspecified atom stereocenters. The highest BCUT2D eigenvalue weighted by Crippen LogP contribution is 2.37. The first-order valence-corrected chi connectivity index (χ1v) is 8.85. The highest BCUT2D eigenvalue weighted by molar-refractivity contribution is 9.10. The Bertz CT molecular complexity index is 812. The highest BCUT2D eigenvalue weighted by Gasteiger charge is 2.12. The fraction of sp³-hybridized carbons (Fsp3) is 0.190. The first-order valence-electron chi connectivity index (χ1n) is 8.05. The van der Waals surface area contributed by atoms with Crippen molar-refractivity contribution >= 4 is 28.0 Å². The molecule has 0 spiro atoms. The van der Waals surface area contributed by atoms with E-state index in [0.717, 1.165) is 15.6 Å². The molecule has 0 N–H and O–H groups in total. The molecule has 5 heteroatoms. The SMILES string of the molecule is C=CCOC(=O)/C=C/c1cc(Br)c(OCc2ccccc2C)c(OC)c1. The molecular weight excluding hydrogens is 396 g/mol. The largest absolute Gasteiger partial charge is 0.493 e. The summed E-state index contributed by atoms with van der Waals surface area (Å²) in [6.07, 6.45) is 4.54. The van der Waals surface area contributed by atoms with Gasteiger partial charge in [-0.1, -0.05) is 36.9 Å². The molecule has 4 nitrogen and oxygen atoms in total. The average molecular weight is 417 g/mol. The molecule has 0 aliphatic rings. The number of aryl methyl sites for hydroxylation is 1. The van der Waals surface area contributed by atoms with E-state index in [1.165, 1.54) is 17.7 Å². The van der Waals surface area contributed by atoms with Crippen LogP contribution in [0.1, 0.15) is 16.7 Å². The quantitative estimate of drug-likeness (QED) is 0.341. The Balaban J connectivity index is 2.16. The fourth-order valence-corrected chi connectivity index (χ4v) is 2.83. The monoisotopic (exact) mass is 416 g/mol. The molecule has 136 valence electrons. The molecule has 0 radical (unpaired) electrons. The number of carbonyl (C=O) groups excluding carboxylic acids is 1. The molecule has 0 aromatic heterocycles. The molecule has 0 aliphatic carbocycles. The minimum atomic E-state index is -0.431. The maximum Gasteiger partial charge on any atom is 0.331 e. The minimum absolute atomic E-state index is 0.182. The number of hydrogen-bond donors (Lipinski definition) is 0. The van der Waals surface area contributed by atoms with Crippen LogP contribution in [0, 0.1) is 6.92 Å². The van der Waals surface area contributed by atoms with E-state index in [1.807, 2.05) is 37.3 Å². The molecule has 0 aliphatic heterocycles. The zero-order valence-corrected chi connectivity index (χ0v) is 16.4. The number of benzene rings is 2. The summed E-state index contributed by atoms with van der Waals surface area (Å²) in [6.45, 7) is 6.17. The molecule has 2 aromatic carbocycles. The third-order valence-electron chi connectivity index (χ3n) is 3.64. The van der Waals surface area contributed by atoms with Crippen molar-refractivity contribution in [1.82, 2.24) is 0 Å². The topological polar surface area (TPSA) is 44.8 Å². The van der Waals surface area contributed by atoms with Gasteiger partial charge in [-0.25, -0.2) is 4.79 Å². The first-order chi connectivity index (χ1) is 12.5. The number of ether oxygens (including phenoxy) is 3. The highest BCUT2D eigenvalue weighted by atomic mass is 79.9. The average Bonchev–Trinajstić information content (AvgIpc) is 2.64. The van der Waals surface area contributed by atoms with Crippen LogP contribution >= 0.6 is 15.9 Å². The van der Waals surface area contributed by atoms with E-state index in [0.29, 0.717) is 18.1 Å². The van der Waals surface area contributed by atoms with Crippen molar-refractivity contribution in [3.05, 3.63) is 76.3 Å². The standard InChI is InChI=1S/C21H21BrO4/c1-4-11-25-20(23)10-9-16-12-18(22)21(19(13-16)24-3)26-14-17-8-6-5-7-15(17)2/h4-10,12-13H,1,11,14H2,2-3H3/b10-9+. The van der Waals surface area contributed by atoms with Gasteiger partial charge >= 0.3 is 5.97 Å². The molecule has 26 heavy (non-hydrogen) atoms. The van der Waals surface area contributed by atoms with Crippen LogP contribution in [-0.2, 0) is 16.1 Å². The van der Waals surface area contributed by atoms with Crippen molar-refractivity contribution in [2.45, 2.75) is 13.5 Å². The van der Waals surface area contributed by atoms with Crippen LogP contribution in [0.15, 0.2) is 59.6 Å². The minimum Gasteiger partial charge on any atom is -0.493 e. The molecule has 0 amide bonds. The number of methoxy groups -OCH3 is 1. The summed E-state index contributed by atoms with van der Waals surface area (Å²) in [7, 11) is 1.58. The second kappa shape index (κ2) is 9.82. The van der Waals surface area contributed by atoms with Crippen molar-refractivity contribution in [2.75, 3.05) is 13.7 Å². The van der Waals surface area contributed by atoms with Gasteiger partial charge in [-0.3, -0.25) is 0 Å². The second-order valence-electron chi connectivity index (χ2n) is 5.50. The smallest absolute Gasteiger partial charge is 0.331 e. The van der Waals surface area contributed by atoms with E-state index in [4.69, 9.17) is 14.2 Å². The zero-order valence-electron chi connectivity index (χ0n) is 14.8. The summed E-state index contributed by atoms with van der Waals surface area (Å²) in [5, 5.41) is 0. The van der Waals surface area contributed by atoms with Crippen molar-refractivity contribution < 1.29 is 19.0 Å². The molecule has 0 bridgehead atoms. The van der Waals surface area contributed by atoms with Gasteiger partial charge in [-0.2, -0.15) is 0 Å². The lowest BCUT2D eigenvalue weighted by molar-refractivity contribution is -0.136. The number of hydrogen-bond acceptors (Lipinski definition) is 4. The summed E-state index contributed by atoms with van der Waals surface area (Å²) in [5.74, 6) is 0.758. The molecule has 0 saturated heterocycles. The Morgan fingerprint density at radius 1 is 1.27 bits per heavy atom. The summed E-state index contributed by atoms with van der Waals surface area (Å²) < 4.78 is 17.1. The van der Waals surface area contributed by atoms with Gasteiger partial charge < -0.3 is 14.2 Å². The van der Waals surface area contributed by atoms with E-state index >= 15 is 0 Å². The Morgan fingerprint density at radius 3 is 2.73 bits per heavy atom. The lowest BCUT2D eigenvalue weighted by Gasteiger charge is -2.14. The van der Waals surface area contributed by atoms with Crippen LogP contribution in [-0.4, -0.2) is 19.7 Å². The Labute approximate surface area is 162 Å². The van der Waals surface area contributed by atoms with Crippen molar-refractivity contribution in [3.8, 4) is 11.5 Å². The van der Waals surface area contributed by atoms with Crippen LogP contribution in [0.4, 0.5) is 0 Å². The molecule has 0 heterocycles. The Hall–Kier alpha value is -2.53. The fourth-order valence-electron chi connectivity index (χ4n) is 2.25. The predicted molar refractivity (Wildman–Crippen MR) is 106 cm³/mol. The van der Waals surface area contributed by atoms with Crippen molar-refractivity contribution in [2.24, 2.45) is 0 Å². The van der Waals surface area contributed by atoms with Crippen LogP contribution in [0.5, 0.6) is 11.5 Å².